The van der Waals surface area contributed by atoms with Crippen LogP contribution < -0.4 is 4.74 Å². The SMILES string of the molecule is OC[C@H]1CCN(Cc2cccc(OCc3ccccc3)c2)C[C@H]1O. The summed E-state index contributed by atoms with van der Waals surface area (Å²) in [5.74, 6) is 0.879. The van der Waals surface area contributed by atoms with E-state index in [2.05, 4.69) is 29.2 Å². The number of likely N-dealkylation sites (tertiary alicyclic amines) is 1. The molecule has 2 N–H and O–H groups in total. The van der Waals surface area contributed by atoms with Crippen LogP contribution in [-0.4, -0.2) is 40.9 Å². The number of hydrogen-bond acceptors (Lipinski definition) is 4. The van der Waals surface area contributed by atoms with Crippen molar-refractivity contribution in [3.63, 3.8) is 0 Å². The van der Waals surface area contributed by atoms with E-state index >= 15 is 0 Å². The van der Waals surface area contributed by atoms with Gasteiger partial charge < -0.3 is 14.9 Å². The molecule has 0 unspecified atom stereocenters. The Bertz CT molecular complexity index is 632. The maximum Gasteiger partial charge on any atom is 0.120 e. The summed E-state index contributed by atoms with van der Waals surface area (Å²) in [6, 6.07) is 18.2. The van der Waals surface area contributed by atoms with Gasteiger partial charge in [0, 0.05) is 25.6 Å². The lowest BCUT2D eigenvalue weighted by Gasteiger charge is -2.35. The van der Waals surface area contributed by atoms with Gasteiger partial charge in [-0.25, -0.2) is 0 Å². The molecule has 1 fully saturated rings. The van der Waals surface area contributed by atoms with E-state index in [0.717, 1.165) is 30.8 Å². The third kappa shape index (κ3) is 4.57. The highest BCUT2D eigenvalue weighted by Crippen LogP contribution is 2.21. The van der Waals surface area contributed by atoms with E-state index in [4.69, 9.17) is 4.74 Å². The number of aliphatic hydroxyl groups is 2. The summed E-state index contributed by atoms with van der Waals surface area (Å²) in [6.45, 7) is 2.93. The van der Waals surface area contributed by atoms with Crippen molar-refractivity contribution >= 4 is 0 Å². The molecule has 2 atom stereocenters. The van der Waals surface area contributed by atoms with Gasteiger partial charge in [0.15, 0.2) is 0 Å². The number of nitrogens with zero attached hydrogens (tertiary/aromatic N) is 1. The lowest BCUT2D eigenvalue weighted by molar-refractivity contribution is -0.00445. The van der Waals surface area contributed by atoms with E-state index in [1.165, 1.54) is 5.56 Å². The zero-order chi connectivity index (χ0) is 16.8. The molecular weight excluding hydrogens is 302 g/mol. The van der Waals surface area contributed by atoms with Gasteiger partial charge in [-0.1, -0.05) is 42.5 Å². The fourth-order valence-corrected chi connectivity index (χ4v) is 3.13. The first-order valence-electron chi connectivity index (χ1n) is 8.51. The zero-order valence-electron chi connectivity index (χ0n) is 13.8. The zero-order valence-corrected chi connectivity index (χ0v) is 13.8. The predicted octanol–water partition coefficient (Wildman–Crippen LogP) is 2.44. The van der Waals surface area contributed by atoms with Gasteiger partial charge in [0.1, 0.15) is 12.4 Å². The Labute approximate surface area is 143 Å². The van der Waals surface area contributed by atoms with Crippen LogP contribution in [0.15, 0.2) is 54.6 Å². The average molecular weight is 327 g/mol. The summed E-state index contributed by atoms with van der Waals surface area (Å²) in [5, 5.41) is 19.3. The van der Waals surface area contributed by atoms with Gasteiger partial charge in [-0.2, -0.15) is 0 Å². The number of benzene rings is 2. The van der Waals surface area contributed by atoms with E-state index in [1.807, 2.05) is 30.3 Å². The minimum atomic E-state index is -0.443. The highest BCUT2D eigenvalue weighted by atomic mass is 16.5. The molecule has 0 bridgehead atoms. The van der Waals surface area contributed by atoms with E-state index in [1.54, 1.807) is 0 Å². The molecule has 1 aliphatic heterocycles. The van der Waals surface area contributed by atoms with Crippen LogP contribution >= 0.6 is 0 Å². The highest BCUT2D eigenvalue weighted by molar-refractivity contribution is 5.29. The third-order valence-electron chi connectivity index (χ3n) is 4.59. The molecular formula is C20H25NO3. The monoisotopic (exact) mass is 327 g/mol. The molecule has 0 radical (unpaired) electrons. The normalized spacial score (nSPS) is 21.6. The molecule has 0 amide bonds. The molecule has 1 aliphatic rings. The molecule has 24 heavy (non-hydrogen) atoms. The van der Waals surface area contributed by atoms with E-state index in [-0.39, 0.29) is 12.5 Å². The van der Waals surface area contributed by atoms with Crippen LogP contribution in [0.25, 0.3) is 0 Å². The van der Waals surface area contributed by atoms with Crippen LogP contribution in [0, 0.1) is 5.92 Å². The van der Waals surface area contributed by atoms with Crippen molar-refractivity contribution in [1.82, 2.24) is 4.90 Å². The van der Waals surface area contributed by atoms with Crippen molar-refractivity contribution in [2.45, 2.75) is 25.7 Å². The van der Waals surface area contributed by atoms with Crippen molar-refractivity contribution in [3.05, 3.63) is 65.7 Å². The molecule has 0 saturated carbocycles. The Morgan fingerprint density at radius 2 is 1.83 bits per heavy atom. The minimum absolute atomic E-state index is 0.0155. The second-order valence-corrected chi connectivity index (χ2v) is 6.46. The first-order valence-corrected chi connectivity index (χ1v) is 8.51. The summed E-state index contributed by atoms with van der Waals surface area (Å²) in [4.78, 5) is 2.23. The average Bonchev–Trinajstić information content (AvgIpc) is 2.61. The van der Waals surface area contributed by atoms with Crippen LogP contribution in [0.3, 0.4) is 0 Å². The van der Waals surface area contributed by atoms with Gasteiger partial charge >= 0.3 is 0 Å². The number of aliphatic hydroxyl groups excluding tert-OH is 2. The smallest absolute Gasteiger partial charge is 0.120 e. The number of hydrogen-bond donors (Lipinski definition) is 2. The van der Waals surface area contributed by atoms with Crippen molar-refractivity contribution in [2.75, 3.05) is 19.7 Å². The molecule has 4 nitrogen and oxygen atoms in total. The molecule has 3 rings (SSSR count). The third-order valence-corrected chi connectivity index (χ3v) is 4.59. The predicted molar refractivity (Wildman–Crippen MR) is 93.7 cm³/mol. The fraction of sp³-hybridized carbons (Fsp3) is 0.400. The van der Waals surface area contributed by atoms with E-state index in [9.17, 15) is 10.2 Å². The quantitative estimate of drug-likeness (QED) is 0.856. The second kappa shape index (κ2) is 8.29. The Balaban J connectivity index is 1.55. The van der Waals surface area contributed by atoms with Crippen LogP contribution in [0.4, 0.5) is 0 Å². The van der Waals surface area contributed by atoms with Crippen molar-refractivity contribution in [1.29, 1.82) is 0 Å². The molecule has 1 saturated heterocycles. The number of rotatable bonds is 6. The summed E-state index contributed by atoms with van der Waals surface area (Å²) in [7, 11) is 0. The lowest BCUT2D eigenvalue weighted by Crippen LogP contribution is -2.44. The number of β-amino-alcohol motifs (C(OH)–C–C–N with tert-alkyl or cyclic N) is 1. The molecule has 0 spiro atoms. The van der Waals surface area contributed by atoms with Crippen molar-refractivity contribution in [2.24, 2.45) is 5.92 Å². The molecule has 1 heterocycles. The standard InChI is InChI=1S/C20H25NO3/c22-14-18-9-10-21(13-20(18)23)12-17-7-4-8-19(11-17)24-15-16-5-2-1-3-6-16/h1-8,11,18,20,22-23H,9-10,12-15H2/t18-,20-/m1/s1. The van der Waals surface area contributed by atoms with Crippen LogP contribution in [0.1, 0.15) is 17.5 Å². The maximum atomic E-state index is 10.1. The maximum absolute atomic E-state index is 10.1. The van der Waals surface area contributed by atoms with Gasteiger partial charge in [-0.3, -0.25) is 4.90 Å². The van der Waals surface area contributed by atoms with E-state index < -0.39 is 6.10 Å². The Kier molecular flexibility index (Phi) is 5.86. The molecule has 0 aromatic heterocycles. The van der Waals surface area contributed by atoms with Crippen LogP contribution in [0.5, 0.6) is 5.75 Å². The second-order valence-electron chi connectivity index (χ2n) is 6.46. The first kappa shape index (κ1) is 17.0. The van der Waals surface area contributed by atoms with Crippen LogP contribution in [-0.2, 0) is 13.2 Å². The molecule has 128 valence electrons. The van der Waals surface area contributed by atoms with Crippen LogP contribution in [0.2, 0.25) is 0 Å². The Hall–Kier alpha value is -1.88. The van der Waals surface area contributed by atoms with Gasteiger partial charge in [0.05, 0.1) is 6.10 Å². The van der Waals surface area contributed by atoms with Gasteiger partial charge in [-0.15, -0.1) is 0 Å². The Morgan fingerprint density at radius 3 is 2.58 bits per heavy atom. The summed E-state index contributed by atoms with van der Waals surface area (Å²) >= 11 is 0. The minimum Gasteiger partial charge on any atom is -0.489 e. The van der Waals surface area contributed by atoms with Crippen molar-refractivity contribution in [3.8, 4) is 5.75 Å². The largest absolute Gasteiger partial charge is 0.489 e. The van der Waals surface area contributed by atoms with E-state index in [0.29, 0.717) is 13.2 Å². The van der Waals surface area contributed by atoms with Crippen molar-refractivity contribution < 1.29 is 14.9 Å². The molecule has 2 aromatic rings. The number of piperidine rings is 1. The topological polar surface area (TPSA) is 52.9 Å². The first-order chi connectivity index (χ1) is 11.7. The number of ether oxygens (including phenoxy) is 1. The highest BCUT2D eigenvalue weighted by Gasteiger charge is 2.26. The van der Waals surface area contributed by atoms with Gasteiger partial charge in [0.2, 0.25) is 0 Å². The fourth-order valence-electron chi connectivity index (χ4n) is 3.13. The Morgan fingerprint density at radius 1 is 1.04 bits per heavy atom. The summed E-state index contributed by atoms with van der Waals surface area (Å²) < 4.78 is 5.88. The van der Waals surface area contributed by atoms with Gasteiger partial charge in [0.25, 0.3) is 0 Å². The molecule has 4 heteroatoms. The lowest BCUT2D eigenvalue weighted by atomic mass is 9.94. The molecule has 0 aliphatic carbocycles. The van der Waals surface area contributed by atoms with Gasteiger partial charge in [-0.05, 0) is 36.2 Å². The molecule has 2 aromatic carbocycles. The summed E-state index contributed by atoms with van der Waals surface area (Å²) in [6.07, 6.45) is 0.392. The summed E-state index contributed by atoms with van der Waals surface area (Å²) in [5.41, 5.74) is 2.33.